The molecule has 0 unspecified atom stereocenters. The topological polar surface area (TPSA) is 45.8 Å². The number of nitrogens with zero attached hydrogens (tertiary/aromatic N) is 1. The van der Waals surface area contributed by atoms with Gasteiger partial charge in [-0.1, -0.05) is 18.2 Å². The Balaban J connectivity index is 1.55. The molecule has 1 heterocycles. The largest absolute Gasteiger partial charge is 0.494 e. The Morgan fingerprint density at radius 2 is 1.93 bits per heavy atom. The van der Waals surface area contributed by atoms with Crippen LogP contribution in [0.3, 0.4) is 0 Å². The third kappa shape index (κ3) is 5.58. The van der Waals surface area contributed by atoms with Crippen LogP contribution in [-0.2, 0) is 4.74 Å². The number of benzene rings is 2. The second kappa shape index (κ2) is 9.58. The van der Waals surface area contributed by atoms with Gasteiger partial charge in [0.15, 0.2) is 5.11 Å². The zero-order valence-corrected chi connectivity index (χ0v) is 16.7. The average Bonchev–Trinajstić information content (AvgIpc) is 2.69. The number of hydrogen-bond donors (Lipinski definition) is 2. The van der Waals surface area contributed by atoms with E-state index in [1.807, 2.05) is 31.2 Å². The van der Waals surface area contributed by atoms with Crippen molar-refractivity contribution in [2.45, 2.75) is 19.9 Å². The minimum absolute atomic E-state index is 0.110. The fraction of sp³-hybridized carbons (Fsp3) is 0.381. The third-order valence-corrected chi connectivity index (χ3v) is 4.74. The first kappa shape index (κ1) is 19.5. The van der Waals surface area contributed by atoms with E-state index < -0.39 is 0 Å². The molecule has 1 fully saturated rings. The monoisotopic (exact) mass is 385 g/mol. The van der Waals surface area contributed by atoms with Crippen LogP contribution in [0.15, 0.2) is 48.5 Å². The number of anilines is 2. The summed E-state index contributed by atoms with van der Waals surface area (Å²) >= 11 is 5.46. The molecular weight excluding hydrogens is 358 g/mol. The van der Waals surface area contributed by atoms with Crippen molar-refractivity contribution < 1.29 is 9.47 Å². The van der Waals surface area contributed by atoms with Gasteiger partial charge in [-0.15, -0.1) is 0 Å². The van der Waals surface area contributed by atoms with Gasteiger partial charge >= 0.3 is 0 Å². The van der Waals surface area contributed by atoms with Gasteiger partial charge in [0.2, 0.25) is 0 Å². The van der Waals surface area contributed by atoms with Gasteiger partial charge < -0.3 is 25.0 Å². The Kier molecular flexibility index (Phi) is 6.90. The van der Waals surface area contributed by atoms with Crippen LogP contribution in [0.25, 0.3) is 0 Å². The van der Waals surface area contributed by atoms with E-state index in [0.717, 1.165) is 37.7 Å². The van der Waals surface area contributed by atoms with Crippen LogP contribution in [0, 0.1) is 0 Å². The summed E-state index contributed by atoms with van der Waals surface area (Å²) in [7, 11) is 0. The molecule has 0 radical (unpaired) electrons. The fourth-order valence-electron chi connectivity index (χ4n) is 3.07. The van der Waals surface area contributed by atoms with Gasteiger partial charge in [0.1, 0.15) is 5.75 Å². The van der Waals surface area contributed by atoms with Crippen molar-refractivity contribution in [2.24, 2.45) is 0 Å². The lowest BCUT2D eigenvalue weighted by molar-refractivity contribution is 0.122. The summed E-state index contributed by atoms with van der Waals surface area (Å²) in [6.07, 6.45) is 0. The SMILES string of the molecule is CCOc1cccc(NC(=S)N[C@@H](C)c2ccc(N3CCOCC3)cc2)c1. The third-order valence-electron chi connectivity index (χ3n) is 4.52. The number of morpholine rings is 1. The average molecular weight is 386 g/mol. The normalized spacial score (nSPS) is 15.1. The molecule has 1 atom stereocenters. The lowest BCUT2D eigenvalue weighted by Gasteiger charge is -2.29. The summed E-state index contributed by atoms with van der Waals surface area (Å²) in [4.78, 5) is 2.35. The van der Waals surface area contributed by atoms with Crippen LogP contribution in [0.1, 0.15) is 25.5 Å². The second-order valence-corrected chi connectivity index (χ2v) is 6.88. The number of ether oxygens (including phenoxy) is 2. The molecule has 27 heavy (non-hydrogen) atoms. The molecule has 0 saturated carbocycles. The summed E-state index contributed by atoms with van der Waals surface area (Å²) in [6, 6.07) is 16.5. The second-order valence-electron chi connectivity index (χ2n) is 6.47. The highest BCUT2D eigenvalue weighted by Gasteiger charge is 2.12. The van der Waals surface area contributed by atoms with Crippen LogP contribution in [0.5, 0.6) is 5.75 Å². The molecule has 2 aromatic rings. The summed E-state index contributed by atoms with van der Waals surface area (Å²) in [6.45, 7) is 8.20. The first-order valence-corrected chi connectivity index (χ1v) is 9.79. The van der Waals surface area contributed by atoms with E-state index in [0.29, 0.717) is 11.7 Å². The molecule has 0 amide bonds. The summed E-state index contributed by atoms with van der Waals surface area (Å²) in [5.74, 6) is 0.831. The highest BCUT2D eigenvalue weighted by atomic mass is 32.1. The summed E-state index contributed by atoms with van der Waals surface area (Å²) in [5, 5.41) is 7.15. The molecule has 6 heteroatoms. The Morgan fingerprint density at radius 1 is 1.19 bits per heavy atom. The van der Waals surface area contributed by atoms with Gasteiger partial charge in [-0.2, -0.15) is 0 Å². The zero-order chi connectivity index (χ0) is 19.1. The summed E-state index contributed by atoms with van der Waals surface area (Å²) in [5.41, 5.74) is 3.34. The Labute approximate surface area is 166 Å². The van der Waals surface area contributed by atoms with Crippen molar-refractivity contribution in [3.63, 3.8) is 0 Å². The van der Waals surface area contributed by atoms with E-state index in [1.165, 1.54) is 11.3 Å². The maximum atomic E-state index is 5.52. The molecule has 3 rings (SSSR count). The van der Waals surface area contributed by atoms with Gasteiger partial charge in [0.05, 0.1) is 25.9 Å². The minimum Gasteiger partial charge on any atom is -0.494 e. The highest BCUT2D eigenvalue weighted by molar-refractivity contribution is 7.80. The van der Waals surface area contributed by atoms with Crippen molar-refractivity contribution >= 4 is 28.7 Å². The van der Waals surface area contributed by atoms with Crippen molar-refractivity contribution in [1.29, 1.82) is 0 Å². The Hall–Kier alpha value is -2.31. The maximum Gasteiger partial charge on any atom is 0.171 e. The van der Waals surface area contributed by atoms with Crippen LogP contribution in [0.4, 0.5) is 11.4 Å². The molecular formula is C21H27N3O2S. The minimum atomic E-state index is 0.110. The summed E-state index contributed by atoms with van der Waals surface area (Å²) < 4.78 is 10.9. The molecule has 2 aromatic carbocycles. The van der Waals surface area contributed by atoms with Crippen molar-refractivity contribution in [2.75, 3.05) is 43.1 Å². The van der Waals surface area contributed by atoms with Crippen LogP contribution in [0.2, 0.25) is 0 Å². The maximum absolute atomic E-state index is 5.52. The van der Waals surface area contributed by atoms with Crippen LogP contribution >= 0.6 is 12.2 Å². The highest BCUT2D eigenvalue weighted by Crippen LogP contribution is 2.21. The molecule has 1 saturated heterocycles. The van der Waals surface area contributed by atoms with Crippen molar-refractivity contribution in [3.05, 3.63) is 54.1 Å². The van der Waals surface area contributed by atoms with E-state index >= 15 is 0 Å². The predicted molar refractivity (Wildman–Crippen MR) is 115 cm³/mol. The fourth-order valence-corrected chi connectivity index (χ4v) is 3.37. The predicted octanol–water partition coefficient (Wildman–Crippen LogP) is 3.97. The standard InChI is InChI=1S/C21H27N3O2S/c1-3-26-20-6-4-5-18(15-20)23-21(27)22-16(2)17-7-9-19(10-8-17)24-11-13-25-14-12-24/h4-10,15-16H,3,11-14H2,1-2H3,(H2,22,23,27)/t16-/m0/s1. The smallest absolute Gasteiger partial charge is 0.171 e. The molecule has 0 aliphatic carbocycles. The molecule has 0 aromatic heterocycles. The van der Waals surface area contributed by atoms with E-state index in [9.17, 15) is 0 Å². The first-order valence-electron chi connectivity index (χ1n) is 9.38. The van der Waals surface area contributed by atoms with E-state index in [4.69, 9.17) is 21.7 Å². The number of thiocarbonyl (C=S) groups is 1. The van der Waals surface area contributed by atoms with Gasteiger partial charge in [-0.05, 0) is 55.9 Å². The Bertz CT molecular complexity index is 745. The zero-order valence-electron chi connectivity index (χ0n) is 15.9. The molecule has 0 bridgehead atoms. The number of rotatable bonds is 6. The molecule has 5 nitrogen and oxygen atoms in total. The molecule has 0 spiro atoms. The Morgan fingerprint density at radius 3 is 2.63 bits per heavy atom. The molecule has 1 aliphatic rings. The molecule has 2 N–H and O–H groups in total. The lowest BCUT2D eigenvalue weighted by Crippen LogP contribution is -2.36. The van der Waals surface area contributed by atoms with Crippen LogP contribution < -0.4 is 20.3 Å². The molecule has 1 aliphatic heterocycles. The van der Waals surface area contributed by atoms with E-state index in [2.05, 4.69) is 46.7 Å². The van der Waals surface area contributed by atoms with Gasteiger partial charge in [0, 0.05) is 30.5 Å². The van der Waals surface area contributed by atoms with E-state index in [-0.39, 0.29) is 6.04 Å². The lowest BCUT2D eigenvalue weighted by atomic mass is 10.1. The number of nitrogens with one attached hydrogen (secondary N) is 2. The van der Waals surface area contributed by atoms with Crippen molar-refractivity contribution in [3.8, 4) is 5.75 Å². The van der Waals surface area contributed by atoms with Crippen LogP contribution in [-0.4, -0.2) is 38.0 Å². The molecule has 144 valence electrons. The van der Waals surface area contributed by atoms with Gasteiger partial charge in [-0.25, -0.2) is 0 Å². The van der Waals surface area contributed by atoms with Gasteiger partial charge in [0.25, 0.3) is 0 Å². The van der Waals surface area contributed by atoms with Crippen molar-refractivity contribution in [1.82, 2.24) is 5.32 Å². The first-order chi connectivity index (χ1) is 13.2. The number of hydrogen-bond acceptors (Lipinski definition) is 4. The quantitative estimate of drug-likeness (QED) is 0.734. The van der Waals surface area contributed by atoms with Gasteiger partial charge in [-0.3, -0.25) is 0 Å². The van der Waals surface area contributed by atoms with E-state index in [1.54, 1.807) is 0 Å².